The molecule has 0 aliphatic carbocycles. The molecular formula is C22H23Cl2N3O2. The summed E-state index contributed by atoms with van der Waals surface area (Å²) in [6, 6.07) is 14.1. The van der Waals surface area contributed by atoms with Crippen LogP contribution >= 0.6 is 23.2 Å². The number of hydrogen-bond donors (Lipinski definition) is 1. The first-order chi connectivity index (χ1) is 13.7. The van der Waals surface area contributed by atoms with Crippen LogP contribution < -0.4 is 10.1 Å². The Morgan fingerprint density at radius 3 is 2.55 bits per heavy atom. The topological polar surface area (TPSA) is 56.1 Å². The van der Waals surface area contributed by atoms with Gasteiger partial charge in [-0.25, -0.2) is 4.68 Å². The second-order valence-corrected chi connectivity index (χ2v) is 8.40. The lowest BCUT2D eigenvalue weighted by Crippen LogP contribution is -2.16. The number of hydrogen-bond acceptors (Lipinski definition) is 3. The Bertz CT molecular complexity index is 1040. The molecule has 1 heterocycles. The van der Waals surface area contributed by atoms with Crippen molar-refractivity contribution in [3.8, 4) is 11.4 Å². The van der Waals surface area contributed by atoms with E-state index in [4.69, 9.17) is 27.9 Å². The number of amides is 1. The maximum absolute atomic E-state index is 13.0. The van der Waals surface area contributed by atoms with E-state index in [2.05, 4.69) is 31.2 Å². The third kappa shape index (κ3) is 4.74. The van der Waals surface area contributed by atoms with Crippen molar-refractivity contribution in [1.29, 1.82) is 0 Å². The Morgan fingerprint density at radius 2 is 1.86 bits per heavy atom. The number of carbonyl (C=O) groups excluding carboxylic acids is 1. The molecule has 0 saturated heterocycles. The first-order valence-electron chi connectivity index (χ1n) is 9.30. The van der Waals surface area contributed by atoms with E-state index in [0.29, 0.717) is 39.5 Å². The third-order valence-corrected chi connectivity index (χ3v) is 4.84. The SMILES string of the molecule is CCOc1ccccc1C(=O)Nc1cc(C(C)(C)C)nn1-c1cc(Cl)ccc1Cl. The second kappa shape index (κ2) is 8.47. The molecule has 0 unspecified atom stereocenters. The van der Waals surface area contributed by atoms with Crippen LogP contribution in [0.15, 0.2) is 48.5 Å². The lowest BCUT2D eigenvalue weighted by molar-refractivity contribution is 0.102. The molecule has 7 heteroatoms. The number of nitrogens with one attached hydrogen (secondary N) is 1. The number of carbonyl (C=O) groups is 1. The summed E-state index contributed by atoms with van der Waals surface area (Å²) in [6.07, 6.45) is 0. The molecule has 1 amide bonds. The fraction of sp³-hybridized carbons (Fsp3) is 0.273. The summed E-state index contributed by atoms with van der Waals surface area (Å²) in [5.41, 5.74) is 1.61. The fourth-order valence-corrected chi connectivity index (χ4v) is 3.15. The number of benzene rings is 2. The van der Waals surface area contributed by atoms with Crippen LogP contribution in [0.2, 0.25) is 10.0 Å². The van der Waals surface area contributed by atoms with Crippen molar-refractivity contribution in [2.45, 2.75) is 33.1 Å². The molecule has 1 N–H and O–H groups in total. The summed E-state index contributed by atoms with van der Waals surface area (Å²) in [4.78, 5) is 13.0. The minimum Gasteiger partial charge on any atom is -0.493 e. The molecular weight excluding hydrogens is 409 g/mol. The fourth-order valence-electron chi connectivity index (χ4n) is 2.79. The van der Waals surface area contributed by atoms with E-state index in [9.17, 15) is 4.79 Å². The number of aromatic nitrogens is 2. The standard InChI is InChI=1S/C22H23Cl2N3O2/c1-5-29-18-9-7-6-8-15(18)21(28)25-20-13-19(22(2,3)4)26-27(20)17-12-14(23)10-11-16(17)24/h6-13H,5H2,1-4H3,(H,25,28). The average Bonchev–Trinajstić information content (AvgIpc) is 3.08. The van der Waals surface area contributed by atoms with E-state index < -0.39 is 0 Å². The van der Waals surface area contributed by atoms with Crippen LogP contribution in [0.5, 0.6) is 5.75 Å². The van der Waals surface area contributed by atoms with E-state index in [0.717, 1.165) is 5.69 Å². The van der Waals surface area contributed by atoms with E-state index in [1.165, 1.54) is 0 Å². The Hall–Kier alpha value is -2.50. The highest BCUT2D eigenvalue weighted by Gasteiger charge is 2.23. The van der Waals surface area contributed by atoms with Crippen LogP contribution in [-0.4, -0.2) is 22.3 Å². The van der Waals surface area contributed by atoms with Gasteiger partial charge in [0.2, 0.25) is 0 Å². The van der Waals surface area contributed by atoms with Gasteiger partial charge in [-0.15, -0.1) is 0 Å². The summed E-state index contributed by atoms with van der Waals surface area (Å²) in [6.45, 7) is 8.49. The average molecular weight is 432 g/mol. The van der Waals surface area contributed by atoms with Crippen molar-refractivity contribution in [1.82, 2.24) is 9.78 Å². The van der Waals surface area contributed by atoms with Crippen LogP contribution in [0.3, 0.4) is 0 Å². The largest absolute Gasteiger partial charge is 0.493 e. The molecule has 3 rings (SSSR count). The lowest BCUT2D eigenvalue weighted by Gasteiger charge is -2.14. The van der Waals surface area contributed by atoms with E-state index >= 15 is 0 Å². The zero-order valence-electron chi connectivity index (χ0n) is 16.8. The van der Waals surface area contributed by atoms with Gasteiger partial charge in [-0.05, 0) is 37.3 Å². The van der Waals surface area contributed by atoms with Gasteiger partial charge in [0.05, 0.1) is 28.6 Å². The number of para-hydroxylation sites is 1. The van der Waals surface area contributed by atoms with E-state index in [-0.39, 0.29) is 11.3 Å². The first-order valence-corrected chi connectivity index (χ1v) is 10.1. The van der Waals surface area contributed by atoms with Crippen LogP contribution in [0.25, 0.3) is 5.69 Å². The molecule has 152 valence electrons. The molecule has 0 atom stereocenters. The van der Waals surface area contributed by atoms with Gasteiger partial charge >= 0.3 is 0 Å². The Kier molecular flexibility index (Phi) is 6.20. The highest BCUT2D eigenvalue weighted by molar-refractivity contribution is 6.34. The van der Waals surface area contributed by atoms with Crippen LogP contribution in [0.4, 0.5) is 5.82 Å². The predicted molar refractivity (Wildman–Crippen MR) is 118 cm³/mol. The van der Waals surface area contributed by atoms with Crippen molar-refractivity contribution in [3.63, 3.8) is 0 Å². The second-order valence-electron chi connectivity index (χ2n) is 7.56. The summed E-state index contributed by atoms with van der Waals surface area (Å²) in [7, 11) is 0. The molecule has 3 aromatic rings. The molecule has 0 fully saturated rings. The number of nitrogens with zero attached hydrogens (tertiary/aromatic N) is 2. The molecule has 0 saturated carbocycles. The molecule has 0 aliphatic rings. The lowest BCUT2D eigenvalue weighted by atomic mass is 9.92. The molecule has 2 aromatic carbocycles. The number of ether oxygens (including phenoxy) is 1. The smallest absolute Gasteiger partial charge is 0.260 e. The van der Waals surface area contributed by atoms with Crippen LogP contribution in [0.1, 0.15) is 43.7 Å². The summed E-state index contributed by atoms with van der Waals surface area (Å²) < 4.78 is 7.19. The predicted octanol–water partition coefficient (Wildman–Crippen LogP) is 6.13. The summed E-state index contributed by atoms with van der Waals surface area (Å²) >= 11 is 12.6. The summed E-state index contributed by atoms with van der Waals surface area (Å²) in [5.74, 6) is 0.722. The zero-order valence-corrected chi connectivity index (χ0v) is 18.3. The van der Waals surface area contributed by atoms with Gasteiger partial charge in [-0.2, -0.15) is 5.10 Å². The van der Waals surface area contributed by atoms with Crippen molar-refractivity contribution >= 4 is 34.9 Å². The minimum absolute atomic E-state index is 0.223. The monoisotopic (exact) mass is 431 g/mol. The zero-order chi connectivity index (χ0) is 21.2. The van der Waals surface area contributed by atoms with Gasteiger partial charge in [0.15, 0.2) is 0 Å². The van der Waals surface area contributed by atoms with Gasteiger partial charge < -0.3 is 10.1 Å². The number of anilines is 1. The highest BCUT2D eigenvalue weighted by atomic mass is 35.5. The van der Waals surface area contributed by atoms with Crippen LogP contribution in [0, 0.1) is 0 Å². The molecule has 0 aliphatic heterocycles. The molecule has 0 bridgehead atoms. The normalized spacial score (nSPS) is 11.4. The van der Waals surface area contributed by atoms with Crippen LogP contribution in [-0.2, 0) is 5.41 Å². The minimum atomic E-state index is -0.297. The van der Waals surface area contributed by atoms with Gasteiger partial charge in [0.25, 0.3) is 5.91 Å². The Balaban J connectivity index is 2.06. The molecule has 0 radical (unpaired) electrons. The van der Waals surface area contributed by atoms with Crippen molar-refractivity contribution in [2.75, 3.05) is 11.9 Å². The maximum atomic E-state index is 13.0. The molecule has 0 spiro atoms. The molecule has 5 nitrogen and oxygen atoms in total. The quantitative estimate of drug-likeness (QED) is 0.528. The van der Waals surface area contributed by atoms with Gasteiger partial charge in [-0.1, -0.05) is 56.1 Å². The highest BCUT2D eigenvalue weighted by Crippen LogP contribution is 2.31. The van der Waals surface area contributed by atoms with Gasteiger partial charge in [-0.3, -0.25) is 4.79 Å². The van der Waals surface area contributed by atoms with Crippen molar-refractivity contribution in [2.24, 2.45) is 0 Å². The maximum Gasteiger partial charge on any atom is 0.260 e. The Morgan fingerprint density at radius 1 is 1.14 bits per heavy atom. The van der Waals surface area contributed by atoms with Crippen molar-refractivity contribution in [3.05, 3.63) is 69.8 Å². The van der Waals surface area contributed by atoms with Gasteiger partial charge in [0.1, 0.15) is 11.6 Å². The van der Waals surface area contributed by atoms with E-state index in [1.807, 2.05) is 19.1 Å². The molecule has 1 aromatic heterocycles. The number of halogens is 2. The Labute approximate surface area is 180 Å². The number of rotatable bonds is 5. The summed E-state index contributed by atoms with van der Waals surface area (Å²) in [5, 5.41) is 8.63. The first kappa shape index (κ1) is 21.2. The van der Waals surface area contributed by atoms with E-state index in [1.54, 1.807) is 41.1 Å². The molecule has 29 heavy (non-hydrogen) atoms. The van der Waals surface area contributed by atoms with Gasteiger partial charge in [0, 0.05) is 16.5 Å². The van der Waals surface area contributed by atoms with Crippen molar-refractivity contribution < 1.29 is 9.53 Å². The third-order valence-electron chi connectivity index (χ3n) is 4.29.